The number of hydrogen-bond donors (Lipinski definition) is 1. The molecule has 0 saturated carbocycles. The number of para-hydroxylation sites is 2. The van der Waals surface area contributed by atoms with Crippen LogP contribution in [0.1, 0.15) is 11.5 Å². The Balaban J connectivity index is 2.18. The number of carbonyl (C=O) groups is 1. The third-order valence-corrected chi connectivity index (χ3v) is 3.24. The van der Waals surface area contributed by atoms with E-state index in [4.69, 9.17) is 21.1 Å². The van der Waals surface area contributed by atoms with Crippen LogP contribution in [-0.4, -0.2) is 24.8 Å². The fourth-order valence-electron chi connectivity index (χ4n) is 1.92. The Kier molecular flexibility index (Phi) is 5.06. The largest absolute Gasteiger partial charge is 0.504 e. The zero-order valence-electron chi connectivity index (χ0n) is 11.5. The van der Waals surface area contributed by atoms with Gasteiger partial charge in [0.15, 0.2) is 11.5 Å². The van der Waals surface area contributed by atoms with Crippen molar-refractivity contribution in [3.63, 3.8) is 0 Å². The molecule has 4 nitrogen and oxygen atoms in total. The molecule has 0 aromatic heterocycles. The second-order valence-corrected chi connectivity index (χ2v) is 4.85. The number of aromatic hydroxyl groups is 1. The van der Waals surface area contributed by atoms with E-state index < -0.39 is 11.9 Å². The van der Waals surface area contributed by atoms with Crippen LogP contribution in [0.25, 0.3) is 0 Å². The van der Waals surface area contributed by atoms with Gasteiger partial charge in [0.05, 0.1) is 7.11 Å². The predicted octanol–water partition coefficient (Wildman–Crippen LogP) is 3.38. The number of hydrogen-bond acceptors (Lipinski definition) is 4. The molecule has 2 aromatic rings. The first kappa shape index (κ1) is 15.2. The van der Waals surface area contributed by atoms with Gasteiger partial charge < -0.3 is 14.6 Å². The van der Waals surface area contributed by atoms with Crippen LogP contribution in [0, 0.1) is 0 Å². The van der Waals surface area contributed by atoms with Crippen LogP contribution < -0.4 is 4.74 Å². The predicted molar refractivity (Wildman–Crippen MR) is 79.8 cm³/mol. The van der Waals surface area contributed by atoms with Gasteiger partial charge in [0, 0.05) is 5.02 Å². The third-order valence-electron chi connectivity index (χ3n) is 3.01. The fraction of sp³-hybridized carbons (Fsp3) is 0.188. The van der Waals surface area contributed by atoms with E-state index in [1.165, 1.54) is 13.2 Å². The summed E-state index contributed by atoms with van der Waals surface area (Å²) in [7, 11) is 1.32. The SMILES string of the molecule is COC(=O)C(COc1ccccc1O)c1cccc(Cl)c1. The molecule has 0 heterocycles. The van der Waals surface area contributed by atoms with E-state index in [-0.39, 0.29) is 12.4 Å². The van der Waals surface area contributed by atoms with E-state index in [9.17, 15) is 9.90 Å². The molecule has 1 unspecified atom stereocenters. The maximum Gasteiger partial charge on any atom is 0.316 e. The molecule has 1 atom stereocenters. The van der Waals surface area contributed by atoms with Crippen molar-refractivity contribution < 1.29 is 19.4 Å². The second kappa shape index (κ2) is 6.99. The van der Waals surface area contributed by atoms with Crippen molar-refractivity contribution in [3.05, 3.63) is 59.1 Å². The van der Waals surface area contributed by atoms with Gasteiger partial charge in [-0.3, -0.25) is 4.79 Å². The maximum absolute atomic E-state index is 11.9. The number of rotatable bonds is 5. The average molecular weight is 307 g/mol. The van der Waals surface area contributed by atoms with Gasteiger partial charge in [-0.25, -0.2) is 0 Å². The lowest BCUT2D eigenvalue weighted by atomic mass is 10.0. The van der Waals surface area contributed by atoms with Crippen LogP contribution in [0.15, 0.2) is 48.5 Å². The molecule has 1 N–H and O–H groups in total. The first-order valence-electron chi connectivity index (χ1n) is 6.36. The summed E-state index contributed by atoms with van der Waals surface area (Å²) in [6.07, 6.45) is 0. The topological polar surface area (TPSA) is 55.8 Å². The number of benzene rings is 2. The summed E-state index contributed by atoms with van der Waals surface area (Å²) in [4.78, 5) is 11.9. The Labute approximate surface area is 127 Å². The number of halogens is 1. The van der Waals surface area contributed by atoms with E-state index in [0.717, 1.165) is 0 Å². The van der Waals surface area contributed by atoms with Gasteiger partial charge in [-0.05, 0) is 29.8 Å². The number of methoxy groups -OCH3 is 1. The van der Waals surface area contributed by atoms with E-state index in [0.29, 0.717) is 16.3 Å². The van der Waals surface area contributed by atoms with Crippen LogP contribution in [0.5, 0.6) is 11.5 Å². The minimum absolute atomic E-state index is 0.0206. The molecule has 0 aliphatic carbocycles. The van der Waals surface area contributed by atoms with E-state index in [1.54, 1.807) is 42.5 Å². The van der Waals surface area contributed by atoms with Crippen molar-refractivity contribution in [2.45, 2.75) is 5.92 Å². The van der Waals surface area contributed by atoms with Gasteiger partial charge >= 0.3 is 5.97 Å². The van der Waals surface area contributed by atoms with Crippen LogP contribution in [0.3, 0.4) is 0 Å². The second-order valence-electron chi connectivity index (χ2n) is 4.41. The Morgan fingerprint density at radius 2 is 2.00 bits per heavy atom. The minimum atomic E-state index is -0.617. The zero-order valence-corrected chi connectivity index (χ0v) is 12.2. The normalized spacial score (nSPS) is 11.7. The molecular formula is C16H15ClO4. The van der Waals surface area contributed by atoms with E-state index >= 15 is 0 Å². The number of phenols is 1. The highest BCUT2D eigenvalue weighted by molar-refractivity contribution is 6.30. The highest BCUT2D eigenvalue weighted by Gasteiger charge is 2.23. The Morgan fingerprint density at radius 1 is 1.24 bits per heavy atom. The molecule has 0 aliphatic rings. The molecule has 110 valence electrons. The molecule has 2 rings (SSSR count). The van der Waals surface area contributed by atoms with E-state index in [2.05, 4.69) is 0 Å². The summed E-state index contributed by atoms with van der Waals surface area (Å²) in [6, 6.07) is 13.5. The van der Waals surface area contributed by atoms with Gasteiger partial charge in [0.2, 0.25) is 0 Å². The summed E-state index contributed by atoms with van der Waals surface area (Å²) in [6.45, 7) is 0.0462. The summed E-state index contributed by atoms with van der Waals surface area (Å²) in [5.74, 6) is -0.707. The van der Waals surface area contributed by atoms with Crippen LogP contribution >= 0.6 is 11.6 Å². The summed E-state index contributed by atoms with van der Waals surface area (Å²) >= 11 is 5.95. The molecule has 5 heteroatoms. The molecule has 0 saturated heterocycles. The average Bonchev–Trinajstić information content (AvgIpc) is 2.49. The van der Waals surface area contributed by atoms with Gasteiger partial charge in [-0.1, -0.05) is 35.9 Å². The number of phenolic OH excluding ortho intramolecular Hbond substituents is 1. The first-order valence-corrected chi connectivity index (χ1v) is 6.73. The molecule has 0 aliphatic heterocycles. The summed E-state index contributed by atoms with van der Waals surface area (Å²) in [5.41, 5.74) is 0.699. The van der Waals surface area contributed by atoms with Gasteiger partial charge in [-0.15, -0.1) is 0 Å². The third kappa shape index (κ3) is 3.89. The molecule has 0 radical (unpaired) electrons. The van der Waals surface area contributed by atoms with Crippen molar-refractivity contribution in [1.29, 1.82) is 0 Å². The molecule has 21 heavy (non-hydrogen) atoms. The van der Waals surface area contributed by atoms with Crippen LogP contribution in [0.4, 0.5) is 0 Å². The molecule has 2 aromatic carbocycles. The van der Waals surface area contributed by atoms with E-state index in [1.807, 2.05) is 0 Å². The standard InChI is InChI=1S/C16H15ClO4/c1-20-16(19)13(11-5-4-6-12(17)9-11)10-21-15-8-3-2-7-14(15)18/h2-9,13,18H,10H2,1H3. The zero-order chi connectivity index (χ0) is 15.2. The summed E-state index contributed by atoms with van der Waals surface area (Å²) in [5, 5.41) is 10.2. The molecule has 0 fully saturated rings. The molecule has 0 bridgehead atoms. The van der Waals surface area contributed by atoms with Crippen molar-refractivity contribution >= 4 is 17.6 Å². The highest BCUT2D eigenvalue weighted by Crippen LogP contribution is 2.27. The van der Waals surface area contributed by atoms with Gasteiger partial charge in [0.1, 0.15) is 12.5 Å². The Hall–Kier alpha value is -2.20. The molecule has 0 spiro atoms. The summed E-state index contributed by atoms with van der Waals surface area (Å²) < 4.78 is 10.3. The van der Waals surface area contributed by atoms with Crippen LogP contribution in [0.2, 0.25) is 5.02 Å². The molecule has 0 amide bonds. The van der Waals surface area contributed by atoms with Crippen molar-refractivity contribution in [3.8, 4) is 11.5 Å². The van der Waals surface area contributed by atoms with Crippen LogP contribution in [-0.2, 0) is 9.53 Å². The van der Waals surface area contributed by atoms with Gasteiger partial charge in [0.25, 0.3) is 0 Å². The highest BCUT2D eigenvalue weighted by atomic mass is 35.5. The maximum atomic E-state index is 11.9. The quantitative estimate of drug-likeness (QED) is 0.860. The lowest BCUT2D eigenvalue weighted by Gasteiger charge is -2.16. The molecular weight excluding hydrogens is 292 g/mol. The number of carbonyl (C=O) groups excluding carboxylic acids is 1. The Bertz CT molecular complexity index is 627. The first-order chi connectivity index (χ1) is 10.1. The lowest BCUT2D eigenvalue weighted by Crippen LogP contribution is -2.21. The minimum Gasteiger partial charge on any atom is -0.504 e. The monoisotopic (exact) mass is 306 g/mol. The number of esters is 1. The van der Waals surface area contributed by atoms with Crippen molar-refractivity contribution in [1.82, 2.24) is 0 Å². The number of ether oxygens (including phenoxy) is 2. The fourth-order valence-corrected chi connectivity index (χ4v) is 2.12. The lowest BCUT2D eigenvalue weighted by molar-refractivity contribution is -0.143. The smallest absolute Gasteiger partial charge is 0.316 e. The Morgan fingerprint density at radius 3 is 2.67 bits per heavy atom. The van der Waals surface area contributed by atoms with Crippen molar-refractivity contribution in [2.24, 2.45) is 0 Å². The van der Waals surface area contributed by atoms with Gasteiger partial charge in [-0.2, -0.15) is 0 Å². The van der Waals surface area contributed by atoms with Crippen molar-refractivity contribution in [2.75, 3.05) is 13.7 Å².